The number of sulfonamides is 1. The average Bonchev–Trinajstić information content (AvgIpc) is 2.59. The maximum Gasteiger partial charge on any atom is 0.235 e. The fourth-order valence-corrected chi connectivity index (χ4v) is 9.84. The van der Waals surface area contributed by atoms with Crippen molar-refractivity contribution in [1.29, 1.82) is 0 Å². The summed E-state index contributed by atoms with van der Waals surface area (Å²) in [6.45, 7) is 10.9. The molecule has 0 saturated heterocycles. The maximum atomic E-state index is 13.7. The van der Waals surface area contributed by atoms with Crippen molar-refractivity contribution in [2.45, 2.75) is 77.0 Å². The molecular formula is C21H35NO2SSi. The zero-order valence-electron chi connectivity index (χ0n) is 17.2. The zero-order valence-corrected chi connectivity index (χ0v) is 19.1. The van der Waals surface area contributed by atoms with Crippen LogP contribution in [0.4, 0.5) is 0 Å². The monoisotopic (exact) mass is 393 g/mol. The van der Waals surface area contributed by atoms with Crippen LogP contribution in [0.2, 0.25) is 18.1 Å². The number of nitrogens with zero attached hydrogens (tertiary/aromatic N) is 1. The second-order valence-electron chi connectivity index (χ2n) is 9.11. The van der Waals surface area contributed by atoms with Crippen molar-refractivity contribution in [1.82, 2.24) is 4.31 Å². The van der Waals surface area contributed by atoms with Crippen LogP contribution in [0.3, 0.4) is 0 Å². The molecule has 1 saturated carbocycles. The molecule has 0 amide bonds. The van der Waals surface area contributed by atoms with Gasteiger partial charge < -0.3 is 0 Å². The third-order valence-electron chi connectivity index (χ3n) is 6.33. The van der Waals surface area contributed by atoms with Gasteiger partial charge in [-0.1, -0.05) is 83.5 Å². The van der Waals surface area contributed by atoms with Crippen LogP contribution < -0.4 is 0 Å². The third kappa shape index (κ3) is 4.49. The van der Waals surface area contributed by atoms with Gasteiger partial charge in [0.15, 0.2) is 0 Å². The van der Waals surface area contributed by atoms with Crippen molar-refractivity contribution >= 4 is 24.2 Å². The molecule has 1 aromatic rings. The fraction of sp³-hybridized carbons (Fsp3) is 0.619. The Bertz CT molecular complexity index is 727. The highest BCUT2D eigenvalue weighted by atomic mass is 32.2. The predicted octanol–water partition coefficient (Wildman–Crippen LogP) is 5.67. The molecule has 0 unspecified atom stereocenters. The number of hydrogen-bond donors (Lipinski definition) is 0. The summed E-state index contributed by atoms with van der Waals surface area (Å²) in [6.07, 6.45) is 7.37. The lowest BCUT2D eigenvalue weighted by molar-refractivity contribution is 0.288. The zero-order chi connectivity index (χ0) is 19.6. The van der Waals surface area contributed by atoms with E-state index in [2.05, 4.69) is 33.9 Å². The van der Waals surface area contributed by atoms with E-state index < -0.39 is 18.1 Å². The molecule has 0 atom stereocenters. The molecule has 1 aliphatic carbocycles. The Hall–Kier alpha value is -0.913. The summed E-state index contributed by atoms with van der Waals surface area (Å²) in [6, 6.07) is 10.0. The first-order valence-corrected chi connectivity index (χ1v) is 14.2. The first-order valence-electron chi connectivity index (χ1n) is 9.73. The Morgan fingerprint density at radius 2 is 1.62 bits per heavy atom. The van der Waals surface area contributed by atoms with Crippen molar-refractivity contribution < 1.29 is 8.42 Å². The maximum absolute atomic E-state index is 13.7. The topological polar surface area (TPSA) is 37.4 Å². The van der Waals surface area contributed by atoms with Gasteiger partial charge in [-0.15, -0.1) is 0 Å². The molecule has 1 aromatic carbocycles. The van der Waals surface area contributed by atoms with Crippen LogP contribution in [-0.4, -0.2) is 33.9 Å². The fourth-order valence-electron chi connectivity index (χ4n) is 3.44. The second kappa shape index (κ2) is 7.99. The Kier molecular flexibility index (Phi) is 6.57. The van der Waals surface area contributed by atoms with Crippen LogP contribution in [0.5, 0.6) is 0 Å². The molecule has 0 bridgehead atoms. The van der Waals surface area contributed by atoms with Gasteiger partial charge in [0.05, 0.1) is 0 Å². The van der Waals surface area contributed by atoms with Gasteiger partial charge in [0.25, 0.3) is 0 Å². The number of hydrogen-bond acceptors (Lipinski definition) is 2. The summed E-state index contributed by atoms with van der Waals surface area (Å²) in [7, 11) is -3.94. The van der Waals surface area contributed by atoms with Crippen molar-refractivity contribution in [3.8, 4) is 0 Å². The highest BCUT2D eigenvalue weighted by Gasteiger charge is 2.46. The number of benzene rings is 1. The summed E-state index contributed by atoms with van der Waals surface area (Å²) in [5, 5.41) is -0.0475. The summed E-state index contributed by atoms with van der Waals surface area (Å²) in [4.78, 5) is 0. The van der Waals surface area contributed by atoms with Gasteiger partial charge in [-0.2, -0.15) is 4.31 Å². The third-order valence-corrected chi connectivity index (χ3v) is 15.5. The van der Waals surface area contributed by atoms with Gasteiger partial charge in [0, 0.05) is 17.6 Å². The second-order valence-corrected chi connectivity index (χ2v) is 16.7. The molecule has 0 N–H and O–H groups in total. The lowest BCUT2D eigenvalue weighted by Crippen LogP contribution is -2.48. The first-order chi connectivity index (χ1) is 12.0. The van der Waals surface area contributed by atoms with Crippen molar-refractivity contribution in [3.63, 3.8) is 0 Å². The van der Waals surface area contributed by atoms with Gasteiger partial charge in [0.2, 0.25) is 10.0 Å². The van der Waals surface area contributed by atoms with E-state index in [4.69, 9.17) is 0 Å². The normalized spacial score (nSPS) is 18.3. The van der Waals surface area contributed by atoms with Crippen LogP contribution >= 0.6 is 0 Å². The van der Waals surface area contributed by atoms with Gasteiger partial charge >= 0.3 is 0 Å². The molecule has 0 radical (unpaired) electrons. The van der Waals surface area contributed by atoms with E-state index in [-0.39, 0.29) is 11.1 Å². The van der Waals surface area contributed by atoms with E-state index in [0.29, 0.717) is 4.53 Å². The van der Waals surface area contributed by atoms with Crippen LogP contribution in [0, 0.1) is 0 Å². The van der Waals surface area contributed by atoms with Crippen LogP contribution in [-0.2, 0) is 10.0 Å². The highest BCUT2D eigenvalue weighted by molar-refractivity contribution is 7.95. The minimum absolute atomic E-state index is 0.0475. The molecule has 0 heterocycles. The molecule has 5 heteroatoms. The van der Waals surface area contributed by atoms with Crippen molar-refractivity contribution in [2.75, 3.05) is 7.05 Å². The van der Waals surface area contributed by atoms with Crippen molar-refractivity contribution in [3.05, 3.63) is 40.4 Å². The first kappa shape index (κ1) is 21.4. The van der Waals surface area contributed by atoms with Gasteiger partial charge in [-0.3, -0.25) is 0 Å². The molecule has 146 valence electrons. The molecule has 3 nitrogen and oxygen atoms in total. The summed E-state index contributed by atoms with van der Waals surface area (Å²) < 4.78 is 29.8. The standard InChI is InChI=1S/C21H35NO2SSi/c1-21(2,3)26(5,6)20(17-18-13-9-7-10-14-18)25(23,24)22(4)19-15-11-8-12-16-19/h7,9-10,13-14,17,19H,8,11-12,15-16H2,1-6H3/b20-17-. The molecule has 0 aliphatic heterocycles. The summed E-state index contributed by atoms with van der Waals surface area (Å²) in [5.41, 5.74) is 0.966. The Morgan fingerprint density at radius 3 is 2.12 bits per heavy atom. The Balaban J connectivity index is 2.54. The van der Waals surface area contributed by atoms with E-state index in [1.807, 2.05) is 36.4 Å². The van der Waals surface area contributed by atoms with E-state index in [1.165, 1.54) is 6.42 Å². The average molecular weight is 394 g/mol. The van der Waals surface area contributed by atoms with Gasteiger partial charge in [-0.05, 0) is 29.5 Å². The molecule has 26 heavy (non-hydrogen) atoms. The quantitative estimate of drug-likeness (QED) is 0.604. The SMILES string of the molecule is CN(C1CCCCC1)S(=O)(=O)/C(=C/c1ccccc1)[Si](C)(C)C(C)(C)C. The minimum Gasteiger partial charge on any atom is -0.208 e. The van der Waals surface area contributed by atoms with E-state index in [0.717, 1.165) is 31.2 Å². The number of rotatable bonds is 5. The van der Waals surface area contributed by atoms with Gasteiger partial charge in [-0.25, -0.2) is 8.42 Å². The molecule has 1 aliphatic rings. The van der Waals surface area contributed by atoms with Crippen LogP contribution in [0.15, 0.2) is 34.9 Å². The van der Waals surface area contributed by atoms with E-state index in [9.17, 15) is 8.42 Å². The highest BCUT2D eigenvalue weighted by Crippen LogP contribution is 2.44. The van der Waals surface area contributed by atoms with Crippen LogP contribution in [0.25, 0.3) is 6.08 Å². The summed E-state index contributed by atoms with van der Waals surface area (Å²) >= 11 is 0. The van der Waals surface area contributed by atoms with E-state index in [1.54, 1.807) is 11.4 Å². The molecule has 2 rings (SSSR count). The largest absolute Gasteiger partial charge is 0.235 e. The Morgan fingerprint density at radius 1 is 1.08 bits per heavy atom. The smallest absolute Gasteiger partial charge is 0.208 e. The predicted molar refractivity (Wildman–Crippen MR) is 115 cm³/mol. The summed E-state index contributed by atoms with van der Waals surface area (Å²) in [5.74, 6) is 0. The Labute approximate surface area is 161 Å². The van der Waals surface area contributed by atoms with Crippen LogP contribution in [0.1, 0.15) is 58.4 Å². The lowest BCUT2D eigenvalue weighted by Gasteiger charge is -2.41. The molecular weight excluding hydrogens is 358 g/mol. The van der Waals surface area contributed by atoms with E-state index >= 15 is 0 Å². The molecule has 1 fully saturated rings. The van der Waals surface area contributed by atoms with Crippen molar-refractivity contribution in [2.24, 2.45) is 0 Å². The molecule has 0 spiro atoms. The lowest BCUT2D eigenvalue weighted by atomic mass is 9.96. The minimum atomic E-state index is -3.48. The van der Waals surface area contributed by atoms with Gasteiger partial charge in [0.1, 0.15) is 8.07 Å². The molecule has 0 aromatic heterocycles.